The van der Waals surface area contributed by atoms with Gasteiger partial charge in [0.25, 0.3) is 0 Å². The van der Waals surface area contributed by atoms with Gasteiger partial charge in [-0.25, -0.2) is 12.8 Å². The molecule has 1 rings (SSSR count). The molecule has 1 atom stereocenters. The average Bonchev–Trinajstić information content (AvgIpc) is 2.34. The van der Waals surface area contributed by atoms with E-state index in [1.807, 2.05) is 13.0 Å². The maximum absolute atomic E-state index is 13.0. The Labute approximate surface area is 108 Å². The maximum Gasteiger partial charge on any atom is 0.150 e. The summed E-state index contributed by atoms with van der Waals surface area (Å²) in [5.41, 5.74) is 0.869. The first-order chi connectivity index (χ1) is 8.44. The van der Waals surface area contributed by atoms with Crippen molar-refractivity contribution >= 4 is 9.84 Å². The van der Waals surface area contributed by atoms with Gasteiger partial charge in [0, 0.05) is 11.8 Å². The zero-order valence-electron chi connectivity index (χ0n) is 10.8. The molecule has 1 N–H and O–H groups in total. The van der Waals surface area contributed by atoms with E-state index < -0.39 is 9.84 Å². The lowest BCUT2D eigenvalue weighted by molar-refractivity contribution is 0.555. The number of benzene rings is 1. The predicted molar refractivity (Wildman–Crippen MR) is 71.8 cm³/mol. The summed E-state index contributed by atoms with van der Waals surface area (Å²) >= 11 is 0. The van der Waals surface area contributed by atoms with E-state index in [1.165, 1.54) is 12.1 Å². The number of nitrogens with one attached hydrogen (secondary N) is 1. The van der Waals surface area contributed by atoms with E-state index in [0.717, 1.165) is 5.56 Å². The summed E-state index contributed by atoms with van der Waals surface area (Å²) in [6, 6.07) is 6.43. The van der Waals surface area contributed by atoms with Crippen LogP contribution in [0.2, 0.25) is 0 Å². The van der Waals surface area contributed by atoms with Crippen molar-refractivity contribution in [2.24, 2.45) is 0 Å². The number of hydrogen-bond acceptors (Lipinski definition) is 3. The molecule has 0 amide bonds. The van der Waals surface area contributed by atoms with E-state index in [2.05, 4.69) is 5.32 Å². The molecule has 3 nitrogen and oxygen atoms in total. The largest absolute Gasteiger partial charge is 0.310 e. The molecule has 0 radical (unpaired) electrons. The molecule has 0 fully saturated rings. The van der Waals surface area contributed by atoms with Gasteiger partial charge in [0.05, 0.1) is 5.75 Å². The Morgan fingerprint density at radius 1 is 1.39 bits per heavy atom. The van der Waals surface area contributed by atoms with Gasteiger partial charge in [-0.2, -0.15) is 0 Å². The Morgan fingerprint density at radius 2 is 2.11 bits per heavy atom. The molecule has 0 saturated carbocycles. The fourth-order valence-corrected chi connectivity index (χ4v) is 2.52. The number of rotatable bonds is 7. The Kier molecular flexibility index (Phi) is 5.75. The van der Waals surface area contributed by atoms with Crippen LogP contribution in [0.4, 0.5) is 4.39 Å². The number of halogens is 1. The molecular weight excluding hydrogens is 253 g/mol. The Hall–Kier alpha value is -0.940. The quantitative estimate of drug-likeness (QED) is 0.775. The molecule has 0 aromatic heterocycles. The van der Waals surface area contributed by atoms with E-state index in [1.54, 1.807) is 13.0 Å². The van der Waals surface area contributed by atoms with E-state index in [0.29, 0.717) is 13.0 Å². The highest BCUT2D eigenvalue weighted by Crippen LogP contribution is 2.13. The molecule has 0 aliphatic carbocycles. The van der Waals surface area contributed by atoms with Crippen molar-refractivity contribution in [2.45, 2.75) is 26.3 Å². The normalized spacial score (nSPS) is 13.5. The monoisotopic (exact) mass is 273 g/mol. The van der Waals surface area contributed by atoms with Crippen LogP contribution in [0, 0.1) is 5.82 Å². The van der Waals surface area contributed by atoms with Crippen LogP contribution < -0.4 is 5.32 Å². The van der Waals surface area contributed by atoms with Crippen LogP contribution in [0.5, 0.6) is 0 Å². The molecule has 0 spiro atoms. The van der Waals surface area contributed by atoms with Gasteiger partial charge in [-0.15, -0.1) is 0 Å². The van der Waals surface area contributed by atoms with Crippen LogP contribution in [-0.4, -0.2) is 26.5 Å². The van der Waals surface area contributed by atoms with E-state index in [9.17, 15) is 12.8 Å². The molecule has 1 unspecified atom stereocenters. The summed E-state index contributed by atoms with van der Waals surface area (Å²) in [6.45, 7) is 4.19. The molecule has 1 aromatic rings. The van der Waals surface area contributed by atoms with E-state index >= 15 is 0 Å². The first-order valence-electron chi connectivity index (χ1n) is 6.14. The zero-order chi connectivity index (χ0) is 13.6. The maximum atomic E-state index is 13.0. The summed E-state index contributed by atoms with van der Waals surface area (Å²) in [7, 11) is -2.89. The summed E-state index contributed by atoms with van der Waals surface area (Å²) in [5.74, 6) is 0.133. The molecule has 5 heteroatoms. The summed E-state index contributed by atoms with van der Waals surface area (Å²) in [6.07, 6.45) is 0.579. The lowest BCUT2D eigenvalue weighted by Crippen LogP contribution is -2.22. The summed E-state index contributed by atoms with van der Waals surface area (Å²) < 4.78 is 35.6. The first kappa shape index (κ1) is 15.1. The predicted octanol–water partition coefficient (Wildman–Crippen LogP) is 2.30. The Balaban J connectivity index is 2.36. The smallest absolute Gasteiger partial charge is 0.150 e. The standard InChI is InChI=1S/C13H20FNO2S/c1-3-18(16,17)9-5-8-15-11(2)12-6-4-7-13(14)10-12/h4,6-7,10-11,15H,3,5,8-9H2,1-2H3. The SMILES string of the molecule is CCS(=O)(=O)CCCNC(C)c1cccc(F)c1. The first-order valence-corrected chi connectivity index (χ1v) is 7.96. The van der Waals surface area contributed by atoms with E-state index in [-0.39, 0.29) is 23.4 Å². The van der Waals surface area contributed by atoms with Crippen molar-refractivity contribution in [3.05, 3.63) is 35.6 Å². The third kappa shape index (κ3) is 5.14. The lowest BCUT2D eigenvalue weighted by atomic mass is 10.1. The van der Waals surface area contributed by atoms with Gasteiger partial charge in [0.2, 0.25) is 0 Å². The molecule has 0 saturated heterocycles. The molecular formula is C13H20FNO2S. The zero-order valence-corrected chi connectivity index (χ0v) is 11.6. The molecule has 1 aromatic carbocycles. The fourth-order valence-electron chi connectivity index (χ4n) is 1.65. The van der Waals surface area contributed by atoms with Crippen molar-refractivity contribution in [3.8, 4) is 0 Å². The number of sulfone groups is 1. The van der Waals surface area contributed by atoms with Crippen LogP contribution in [0.15, 0.2) is 24.3 Å². The van der Waals surface area contributed by atoms with Crippen LogP contribution in [0.25, 0.3) is 0 Å². The second-order valence-electron chi connectivity index (χ2n) is 4.32. The summed E-state index contributed by atoms with van der Waals surface area (Å²) in [4.78, 5) is 0. The third-order valence-corrected chi connectivity index (χ3v) is 4.66. The van der Waals surface area contributed by atoms with Gasteiger partial charge in [-0.1, -0.05) is 19.1 Å². The van der Waals surface area contributed by atoms with Crippen LogP contribution in [0.3, 0.4) is 0 Å². The minimum Gasteiger partial charge on any atom is -0.310 e. The van der Waals surface area contributed by atoms with Crippen LogP contribution in [-0.2, 0) is 9.84 Å². The van der Waals surface area contributed by atoms with Crippen LogP contribution in [0.1, 0.15) is 31.9 Å². The van der Waals surface area contributed by atoms with Gasteiger partial charge < -0.3 is 5.32 Å². The van der Waals surface area contributed by atoms with Gasteiger partial charge in [0.15, 0.2) is 0 Å². The molecule has 102 valence electrons. The third-order valence-electron chi connectivity index (χ3n) is 2.87. The molecule has 0 heterocycles. The minimum atomic E-state index is -2.89. The topological polar surface area (TPSA) is 46.2 Å². The Bertz CT molecular complexity index is 474. The van der Waals surface area contributed by atoms with Crippen molar-refractivity contribution < 1.29 is 12.8 Å². The van der Waals surface area contributed by atoms with Gasteiger partial charge in [-0.05, 0) is 37.6 Å². The second-order valence-corrected chi connectivity index (χ2v) is 6.79. The fraction of sp³-hybridized carbons (Fsp3) is 0.538. The van der Waals surface area contributed by atoms with E-state index in [4.69, 9.17) is 0 Å². The lowest BCUT2D eigenvalue weighted by Gasteiger charge is -2.14. The minimum absolute atomic E-state index is 0.0185. The highest BCUT2D eigenvalue weighted by molar-refractivity contribution is 7.91. The average molecular weight is 273 g/mol. The molecule has 0 aliphatic heterocycles. The molecule has 18 heavy (non-hydrogen) atoms. The molecule has 0 aliphatic rings. The van der Waals surface area contributed by atoms with Crippen molar-refractivity contribution in [2.75, 3.05) is 18.1 Å². The highest BCUT2D eigenvalue weighted by atomic mass is 32.2. The van der Waals surface area contributed by atoms with Gasteiger partial charge >= 0.3 is 0 Å². The van der Waals surface area contributed by atoms with Crippen molar-refractivity contribution in [1.29, 1.82) is 0 Å². The molecule has 0 bridgehead atoms. The van der Waals surface area contributed by atoms with Gasteiger partial charge in [-0.3, -0.25) is 0 Å². The second kappa shape index (κ2) is 6.85. The van der Waals surface area contributed by atoms with Crippen molar-refractivity contribution in [1.82, 2.24) is 5.32 Å². The van der Waals surface area contributed by atoms with Gasteiger partial charge in [0.1, 0.15) is 15.7 Å². The van der Waals surface area contributed by atoms with Crippen molar-refractivity contribution in [3.63, 3.8) is 0 Å². The number of hydrogen-bond donors (Lipinski definition) is 1. The Morgan fingerprint density at radius 3 is 2.72 bits per heavy atom. The highest BCUT2D eigenvalue weighted by Gasteiger charge is 2.08. The van der Waals surface area contributed by atoms with Crippen LogP contribution >= 0.6 is 0 Å². The summed E-state index contributed by atoms with van der Waals surface area (Å²) in [5, 5.41) is 3.19.